The second kappa shape index (κ2) is 8.10. The lowest BCUT2D eigenvalue weighted by molar-refractivity contribution is 0.0937. The van der Waals surface area contributed by atoms with Crippen LogP contribution in [0.1, 0.15) is 42.5 Å². The Kier molecular flexibility index (Phi) is 5.63. The van der Waals surface area contributed by atoms with Crippen molar-refractivity contribution in [2.24, 2.45) is 0 Å². The summed E-state index contributed by atoms with van der Waals surface area (Å²) in [6, 6.07) is 10.7. The largest absolute Gasteiger partial charge is 0.342 e. The molecular formula is C19H20ClN5O. The fraction of sp³-hybridized carbons (Fsp3) is 0.263. The van der Waals surface area contributed by atoms with Crippen LogP contribution in [0.5, 0.6) is 0 Å². The minimum absolute atomic E-state index is 0.167. The van der Waals surface area contributed by atoms with Gasteiger partial charge >= 0.3 is 0 Å². The molecule has 26 heavy (non-hydrogen) atoms. The van der Waals surface area contributed by atoms with Gasteiger partial charge in [0, 0.05) is 23.9 Å². The van der Waals surface area contributed by atoms with Gasteiger partial charge in [-0.05, 0) is 37.6 Å². The number of amides is 1. The summed E-state index contributed by atoms with van der Waals surface area (Å²) in [6.45, 7) is 4.81. The summed E-state index contributed by atoms with van der Waals surface area (Å²) in [5.41, 5.74) is 2.18. The summed E-state index contributed by atoms with van der Waals surface area (Å²) >= 11 is 5.88. The third kappa shape index (κ3) is 4.08. The number of rotatable bonds is 6. The van der Waals surface area contributed by atoms with Gasteiger partial charge in [-0.2, -0.15) is 0 Å². The molecule has 3 aromatic rings. The number of pyridine rings is 1. The number of nitrogens with one attached hydrogen (secondary N) is 1. The van der Waals surface area contributed by atoms with E-state index >= 15 is 0 Å². The van der Waals surface area contributed by atoms with Crippen molar-refractivity contribution in [3.8, 4) is 11.3 Å². The summed E-state index contributed by atoms with van der Waals surface area (Å²) in [4.78, 5) is 16.9. The van der Waals surface area contributed by atoms with Gasteiger partial charge in [0.2, 0.25) is 0 Å². The van der Waals surface area contributed by atoms with Gasteiger partial charge < -0.3 is 9.88 Å². The summed E-state index contributed by atoms with van der Waals surface area (Å²) in [7, 11) is 0. The SMILES string of the molecule is CCCn1cnnc1C(C)NC(=O)c1cccc(-c2ccc(Cl)cn2)c1. The number of aromatic nitrogens is 4. The third-order valence-corrected chi connectivity index (χ3v) is 4.22. The summed E-state index contributed by atoms with van der Waals surface area (Å²) < 4.78 is 1.96. The average Bonchev–Trinajstić information content (AvgIpc) is 3.11. The third-order valence-electron chi connectivity index (χ3n) is 3.99. The first-order chi connectivity index (χ1) is 12.6. The molecule has 6 nitrogen and oxygen atoms in total. The molecule has 1 amide bonds. The zero-order chi connectivity index (χ0) is 18.5. The van der Waals surface area contributed by atoms with Crippen molar-refractivity contribution in [3.63, 3.8) is 0 Å². The van der Waals surface area contributed by atoms with Gasteiger partial charge in [0.05, 0.1) is 16.8 Å². The summed E-state index contributed by atoms with van der Waals surface area (Å²) in [5, 5.41) is 11.6. The van der Waals surface area contributed by atoms with Crippen LogP contribution in [0.4, 0.5) is 0 Å². The zero-order valence-corrected chi connectivity index (χ0v) is 15.4. The topological polar surface area (TPSA) is 72.7 Å². The highest BCUT2D eigenvalue weighted by Gasteiger charge is 2.17. The molecule has 0 aliphatic carbocycles. The van der Waals surface area contributed by atoms with Crippen LogP contribution in [0.15, 0.2) is 48.9 Å². The molecule has 0 saturated heterocycles. The van der Waals surface area contributed by atoms with E-state index in [0.717, 1.165) is 30.0 Å². The molecule has 0 radical (unpaired) electrons. The van der Waals surface area contributed by atoms with Crippen LogP contribution in [-0.2, 0) is 6.54 Å². The molecule has 0 spiro atoms. The first kappa shape index (κ1) is 18.1. The normalized spacial score (nSPS) is 12.0. The van der Waals surface area contributed by atoms with Crippen molar-refractivity contribution in [2.45, 2.75) is 32.9 Å². The fourth-order valence-corrected chi connectivity index (χ4v) is 2.84. The lowest BCUT2D eigenvalue weighted by Gasteiger charge is -2.15. The number of nitrogens with zero attached hydrogens (tertiary/aromatic N) is 4. The van der Waals surface area contributed by atoms with E-state index in [4.69, 9.17) is 11.6 Å². The van der Waals surface area contributed by atoms with E-state index in [0.29, 0.717) is 10.6 Å². The lowest BCUT2D eigenvalue weighted by Crippen LogP contribution is -2.28. The number of carbonyl (C=O) groups is 1. The van der Waals surface area contributed by atoms with Crippen molar-refractivity contribution in [2.75, 3.05) is 0 Å². The van der Waals surface area contributed by atoms with Gasteiger partial charge in [-0.15, -0.1) is 10.2 Å². The van der Waals surface area contributed by atoms with Crippen molar-refractivity contribution in [1.82, 2.24) is 25.1 Å². The van der Waals surface area contributed by atoms with Crippen molar-refractivity contribution < 1.29 is 4.79 Å². The minimum Gasteiger partial charge on any atom is -0.342 e. The second-order valence-corrected chi connectivity index (χ2v) is 6.46. The summed E-state index contributed by atoms with van der Waals surface area (Å²) in [6.07, 6.45) is 4.25. The van der Waals surface area contributed by atoms with Gasteiger partial charge in [0.15, 0.2) is 5.82 Å². The van der Waals surface area contributed by atoms with E-state index in [-0.39, 0.29) is 11.9 Å². The van der Waals surface area contributed by atoms with Crippen molar-refractivity contribution in [1.29, 1.82) is 0 Å². The molecule has 1 N–H and O–H groups in total. The highest BCUT2D eigenvalue weighted by atomic mass is 35.5. The van der Waals surface area contributed by atoms with Crippen LogP contribution < -0.4 is 5.32 Å². The van der Waals surface area contributed by atoms with Gasteiger partial charge in [0.1, 0.15) is 6.33 Å². The number of benzene rings is 1. The van der Waals surface area contributed by atoms with Gasteiger partial charge in [-0.3, -0.25) is 9.78 Å². The molecule has 0 fully saturated rings. The van der Waals surface area contributed by atoms with Crippen molar-refractivity contribution >= 4 is 17.5 Å². The van der Waals surface area contributed by atoms with Crippen LogP contribution in [0.3, 0.4) is 0 Å². The van der Waals surface area contributed by atoms with Crippen molar-refractivity contribution in [3.05, 3.63) is 65.3 Å². The van der Waals surface area contributed by atoms with E-state index in [9.17, 15) is 4.79 Å². The average molecular weight is 370 g/mol. The van der Waals surface area contributed by atoms with Crippen LogP contribution in [0.25, 0.3) is 11.3 Å². The number of halogens is 1. The monoisotopic (exact) mass is 369 g/mol. The minimum atomic E-state index is -0.242. The molecule has 0 bridgehead atoms. The molecule has 0 aliphatic heterocycles. The molecule has 2 heterocycles. The standard InChI is InChI=1S/C19H20ClN5O/c1-3-9-25-12-22-24-18(25)13(2)23-19(26)15-6-4-5-14(10-15)17-8-7-16(20)11-21-17/h4-8,10-13H,3,9H2,1-2H3,(H,23,26). The Hall–Kier alpha value is -2.73. The molecule has 7 heteroatoms. The number of aryl methyl sites for hydroxylation is 1. The Morgan fingerprint density at radius 2 is 2.15 bits per heavy atom. The predicted molar refractivity (Wildman–Crippen MR) is 101 cm³/mol. The molecule has 1 aromatic carbocycles. The van der Waals surface area contributed by atoms with Gasteiger partial charge in [0.25, 0.3) is 5.91 Å². The molecule has 1 atom stereocenters. The van der Waals surface area contributed by atoms with Crippen LogP contribution in [0, 0.1) is 0 Å². The van der Waals surface area contributed by atoms with E-state index in [1.807, 2.05) is 35.8 Å². The lowest BCUT2D eigenvalue weighted by atomic mass is 10.1. The first-order valence-electron chi connectivity index (χ1n) is 8.49. The second-order valence-electron chi connectivity index (χ2n) is 6.02. The maximum absolute atomic E-state index is 12.6. The maximum Gasteiger partial charge on any atom is 0.251 e. The Bertz CT molecular complexity index is 891. The molecule has 0 aliphatic rings. The van der Waals surface area contributed by atoms with Crippen LogP contribution in [-0.4, -0.2) is 25.7 Å². The first-order valence-corrected chi connectivity index (χ1v) is 8.87. The van der Waals surface area contributed by atoms with Gasteiger partial charge in [-0.25, -0.2) is 0 Å². The highest BCUT2D eigenvalue weighted by molar-refractivity contribution is 6.30. The summed E-state index contributed by atoms with van der Waals surface area (Å²) in [5.74, 6) is 0.579. The molecule has 134 valence electrons. The van der Waals surface area contributed by atoms with Crippen LogP contribution in [0.2, 0.25) is 5.02 Å². The van der Waals surface area contributed by atoms with E-state index in [1.165, 1.54) is 0 Å². The Morgan fingerprint density at radius 1 is 1.31 bits per heavy atom. The van der Waals surface area contributed by atoms with E-state index in [2.05, 4.69) is 27.4 Å². The van der Waals surface area contributed by atoms with E-state index < -0.39 is 0 Å². The zero-order valence-electron chi connectivity index (χ0n) is 14.7. The van der Waals surface area contributed by atoms with Crippen LogP contribution >= 0.6 is 11.6 Å². The number of hydrogen-bond acceptors (Lipinski definition) is 4. The molecule has 1 unspecified atom stereocenters. The Balaban J connectivity index is 1.76. The number of carbonyl (C=O) groups excluding carboxylic acids is 1. The van der Waals surface area contributed by atoms with E-state index in [1.54, 1.807) is 24.7 Å². The molecule has 3 rings (SSSR count). The molecular weight excluding hydrogens is 350 g/mol. The quantitative estimate of drug-likeness (QED) is 0.715. The molecule has 2 aromatic heterocycles. The Morgan fingerprint density at radius 3 is 2.88 bits per heavy atom. The maximum atomic E-state index is 12.6. The highest BCUT2D eigenvalue weighted by Crippen LogP contribution is 2.20. The predicted octanol–water partition coefficient (Wildman–Crippen LogP) is 3.89. The molecule has 0 saturated carbocycles. The van der Waals surface area contributed by atoms with Gasteiger partial charge in [-0.1, -0.05) is 30.7 Å². The smallest absolute Gasteiger partial charge is 0.251 e. The Labute approximate surface area is 157 Å². The fourth-order valence-electron chi connectivity index (χ4n) is 2.72. The number of hydrogen-bond donors (Lipinski definition) is 1.